The van der Waals surface area contributed by atoms with Crippen molar-refractivity contribution in [3.63, 3.8) is 0 Å². The molecule has 94 valence electrons. The summed E-state index contributed by atoms with van der Waals surface area (Å²) >= 11 is 3.39. The van der Waals surface area contributed by atoms with Gasteiger partial charge in [-0.15, -0.1) is 0 Å². The van der Waals surface area contributed by atoms with Crippen molar-refractivity contribution in [1.82, 2.24) is 0 Å². The first-order chi connectivity index (χ1) is 8.01. The molecule has 0 radical (unpaired) electrons. The third-order valence-corrected chi connectivity index (χ3v) is 3.46. The predicted molar refractivity (Wildman–Crippen MR) is 73.9 cm³/mol. The van der Waals surface area contributed by atoms with E-state index in [0.29, 0.717) is 11.6 Å². The smallest absolute Gasteiger partial charge is 0.337 e. The SMILES string of the molecule is CCC(C)N(CC)c1cc(Br)ccc1C(=O)O. The molecule has 3 nitrogen and oxygen atoms in total. The first-order valence-electron chi connectivity index (χ1n) is 5.80. The van der Waals surface area contributed by atoms with Crippen molar-refractivity contribution in [2.24, 2.45) is 0 Å². The molecule has 1 unspecified atom stereocenters. The third kappa shape index (κ3) is 3.22. The van der Waals surface area contributed by atoms with Crippen LogP contribution in [-0.4, -0.2) is 23.7 Å². The van der Waals surface area contributed by atoms with Crippen molar-refractivity contribution in [3.05, 3.63) is 28.2 Å². The van der Waals surface area contributed by atoms with Gasteiger partial charge >= 0.3 is 5.97 Å². The van der Waals surface area contributed by atoms with Crippen molar-refractivity contribution in [3.8, 4) is 0 Å². The van der Waals surface area contributed by atoms with E-state index in [1.54, 1.807) is 12.1 Å². The van der Waals surface area contributed by atoms with E-state index in [9.17, 15) is 9.90 Å². The van der Waals surface area contributed by atoms with Crippen LogP contribution >= 0.6 is 15.9 Å². The Hall–Kier alpha value is -1.03. The number of hydrogen-bond acceptors (Lipinski definition) is 2. The molecule has 0 saturated carbocycles. The van der Waals surface area contributed by atoms with Gasteiger partial charge in [-0.1, -0.05) is 22.9 Å². The van der Waals surface area contributed by atoms with Crippen molar-refractivity contribution in [2.75, 3.05) is 11.4 Å². The fourth-order valence-corrected chi connectivity index (χ4v) is 2.21. The summed E-state index contributed by atoms with van der Waals surface area (Å²) in [6.07, 6.45) is 0.986. The molecule has 0 saturated heterocycles. The molecule has 0 aliphatic rings. The Bertz CT molecular complexity index is 406. The van der Waals surface area contributed by atoms with E-state index in [-0.39, 0.29) is 0 Å². The van der Waals surface area contributed by atoms with Gasteiger partial charge < -0.3 is 10.0 Å². The second kappa shape index (κ2) is 6.05. The average Bonchev–Trinajstić information content (AvgIpc) is 2.29. The number of carboxylic acid groups (broad SMARTS) is 1. The lowest BCUT2D eigenvalue weighted by molar-refractivity contribution is 0.0697. The summed E-state index contributed by atoms with van der Waals surface area (Å²) in [6.45, 7) is 7.05. The molecule has 0 aliphatic carbocycles. The quantitative estimate of drug-likeness (QED) is 0.900. The summed E-state index contributed by atoms with van der Waals surface area (Å²) in [5.74, 6) is -0.880. The van der Waals surface area contributed by atoms with Crippen molar-refractivity contribution in [2.45, 2.75) is 33.2 Å². The summed E-state index contributed by atoms with van der Waals surface area (Å²) in [5.41, 5.74) is 1.14. The third-order valence-electron chi connectivity index (χ3n) is 2.96. The van der Waals surface area contributed by atoms with Crippen LogP contribution in [0.5, 0.6) is 0 Å². The summed E-state index contributed by atoms with van der Waals surface area (Å²) in [4.78, 5) is 13.3. The van der Waals surface area contributed by atoms with Crippen LogP contribution in [-0.2, 0) is 0 Å². The fourth-order valence-electron chi connectivity index (χ4n) is 1.86. The number of hydrogen-bond donors (Lipinski definition) is 1. The van der Waals surface area contributed by atoms with Crippen LogP contribution in [0.2, 0.25) is 0 Å². The highest BCUT2D eigenvalue weighted by molar-refractivity contribution is 9.10. The lowest BCUT2D eigenvalue weighted by Crippen LogP contribution is -2.33. The highest BCUT2D eigenvalue weighted by Gasteiger charge is 2.18. The van der Waals surface area contributed by atoms with Gasteiger partial charge in [0.15, 0.2) is 0 Å². The van der Waals surface area contributed by atoms with Gasteiger partial charge in [-0.3, -0.25) is 0 Å². The molecule has 1 N–H and O–H groups in total. The molecular formula is C13H18BrNO2. The minimum absolute atomic E-state index is 0.326. The normalized spacial score (nSPS) is 12.2. The lowest BCUT2D eigenvalue weighted by Gasteiger charge is -2.30. The lowest BCUT2D eigenvalue weighted by atomic mass is 10.1. The van der Waals surface area contributed by atoms with Crippen LogP contribution in [0, 0.1) is 0 Å². The summed E-state index contributed by atoms with van der Waals surface area (Å²) in [5, 5.41) is 9.21. The number of rotatable bonds is 5. The highest BCUT2D eigenvalue weighted by atomic mass is 79.9. The Labute approximate surface area is 111 Å². The monoisotopic (exact) mass is 299 g/mol. The Balaban J connectivity index is 3.25. The molecular weight excluding hydrogens is 282 g/mol. The molecule has 0 amide bonds. The van der Waals surface area contributed by atoms with Gasteiger partial charge in [0.25, 0.3) is 0 Å². The Morgan fingerprint density at radius 2 is 2.12 bits per heavy atom. The molecule has 1 aromatic rings. The Morgan fingerprint density at radius 3 is 2.59 bits per heavy atom. The van der Waals surface area contributed by atoms with Crippen molar-refractivity contribution < 1.29 is 9.90 Å². The molecule has 17 heavy (non-hydrogen) atoms. The molecule has 0 spiro atoms. The van der Waals surface area contributed by atoms with E-state index in [1.807, 2.05) is 13.0 Å². The minimum Gasteiger partial charge on any atom is -0.478 e. The zero-order valence-electron chi connectivity index (χ0n) is 10.4. The van der Waals surface area contributed by atoms with Crippen LogP contribution in [0.3, 0.4) is 0 Å². The van der Waals surface area contributed by atoms with E-state index >= 15 is 0 Å². The summed E-state index contributed by atoms with van der Waals surface area (Å²) in [6, 6.07) is 5.61. The molecule has 1 aromatic carbocycles. The minimum atomic E-state index is -0.880. The zero-order chi connectivity index (χ0) is 13.0. The molecule has 4 heteroatoms. The van der Waals surface area contributed by atoms with Gasteiger partial charge in [0.05, 0.1) is 11.3 Å². The topological polar surface area (TPSA) is 40.5 Å². The van der Waals surface area contributed by atoms with Gasteiger partial charge in [0.1, 0.15) is 0 Å². The van der Waals surface area contributed by atoms with E-state index in [2.05, 4.69) is 34.7 Å². The van der Waals surface area contributed by atoms with E-state index in [4.69, 9.17) is 0 Å². The molecule has 0 heterocycles. The number of anilines is 1. The van der Waals surface area contributed by atoms with Crippen LogP contribution in [0.15, 0.2) is 22.7 Å². The number of aromatic carboxylic acids is 1. The van der Waals surface area contributed by atoms with Crippen molar-refractivity contribution >= 4 is 27.6 Å². The number of carbonyl (C=O) groups is 1. The van der Waals surface area contributed by atoms with Gasteiger partial charge in [0.2, 0.25) is 0 Å². The van der Waals surface area contributed by atoms with Crippen LogP contribution in [0.1, 0.15) is 37.6 Å². The molecule has 0 aliphatic heterocycles. The van der Waals surface area contributed by atoms with Crippen molar-refractivity contribution in [1.29, 1.82) is 0 Å². The second-order valence-corrected chi connectivity index (χ2v) is 4.93. The maximum Gasteiger partial charge on any atom is 0.337 e. The van der Waals surface area contributed by atoms with Gasteiger partial charge in [-0.2, -0.15) is 0 Å². The van der Waals surface area contributed by atoms with E-state index in [1.165, 1.54) is 0 Å². The number of nitrogens with zero attached hydrogens (tertiary/aromatic N) is 1. The standard InChI is InChI=1S/C13H18BrNO2/c1-4-9(3)15(5-2)12-8-10(14)6-7-11(12)13(16)17/h6-9H,4-5H2,1-3H3,(H,16,17). The van der Waals surface area contributed by atoms with Crippen LogP contribution in [0.4, 0.5) is 5.69 Å². The first-order valence-corrected chi connectivity index (χ1v) is 6.60. The number of carboxylic acids is 1. The van der Waals surface area contributed by atoms with Gasteiger partial charge in [-0.25, -0.2) is 4.79 Å². The second-order valence-electron chi connectivity index (χ2n) is 4.01. The van der Waals surface area contributed by atoms with Gasteiger partial charge in [0, 0.05) is 17.1 Å². The van der Waals surface area contributed by atoms with Gasteiger partial charge in [-0.05, 0) is 38.5 Å². The molecule has 0 fully saturated rings. The molecule has 0 bridgehead atoms. The summed E-state index contributed by atoms with van der Waals surface area (Å²) < 4.78 is 0.902. The zero-order valence-corrected chi connectivity index (χ0v) is 12.0. The predicted octanol–water partition coefficient (Wildman–Crippen LogP) is 3.77. The summed E-state index contributed by atoms with van der Waals surface area (Å²) in [7, 11) is 0. The van der Waals surface area contributed by atoms with E-state index < -0.39 is 5.97 Å². The first kappa shape index (κ1) is 14.0. The highest BCUT2D eigenvalue weighted by Crippen LogP contribution is 2.27. The Kier molecular flexibility index (Phi) is 5.00. The maximum atomic E-state index is 11.2. The maximum absolute atomic E-state index is 11.2. The van der Waals surface area contributed by atoms with Crippen LogP contribution < -0.4 is 4.90 Å². The fraction of sp³-hybridized carbons (Fsp3) is 0.462. The average molecular weight is 300 g/mol. The Morgan fingerprint density at radius 1 is 1.47 bits per heavy atom. The molecule has 1 atom stereocenters. The number of benzene rings is 1. The number of halogens is 1. The van der Waals surface area contributed by atoms with E-state index in [0.717, 1.165) is 23.1 Å². The van der Waals surface area contributed by atoms with Crippen LogP contribution in [0.25, 0.3) is 0 Å². The molecule has 0 aromatic heterocycles. The molecule has 1 rings (SSSR count). The largest absolute Gasteiger partial charge is 0.478 e.